The summed E-state index contributed by atoms with van der Waals surface area (Å²) in [5.74, 6) is -0.144. The summed E-state index contributed by atoms with van der Waals surface area (Å²) in [6, 6.07) is 1.80. The van der Waals surface area contributed by atoms with Gasteiger partial charge < -0.3 is 14.5 Å². The number of aromatic nitrogens is 1. The molecule has 0 radical (unpaired) electrons. The van der Waals surface area contributed by atoms with E-state index in [1.165, 1.54) is 6.26 Å². The monoisotopic (exact) mass is 224 g/mol. The minimum atomic E-state index is -0.144. The van der Waals surface area contributed by atoms with Crippen molar-refractivity contribution in [3.05, 3.63) is 18.0 Å². The number of aliphatic hydroxyl groups excluding tert-OH is 1. The third kappa shape index (κ3) is 2.24. The zero-order valence-electron chi connectivity index (χ0n) is 9.13. The van der Waals surface area contributed by atoms with Crippen molar-refractivity contribution in [1.29, 1.82) is 0 Å². The molecule has 1 aliphatic rings. The normalized spacial score (nSPS) is 16.6. The lowest BCUT2D eigenvalue weighted by molar-refractivity contribution is 0.0627. The van der Waals surface area contributed by atoms with E-state index in [1.807, 2.05) is 0 Å². The highest BCUT2D eigenvalue weighted by Crippen LogP contribution is 2.24. The molecule has 5 heteroatoms. The molecule has 16 heavy (non-hydrogen) atoms. The Kier molecular flexibility index (Phi) is 3.56. The zero-order chi connectivity index (χ0) is 11.4. The molecule has 88 valence electrons. The molecule has 1 saturated carbocycles. The summed E-state index contributed by atoms with van der Waals surface area (Å²) in [6.45, 7) is 0.358. The van der Waals surface area contributed by atoms with Crippen LogP contribution in [0.2, 0.25) is 0 Å². The molecule has 1 amide bonds. The van der Waals surface area contributed by atoms with Gasteiger partial charge in [0.05, 0.1) is 6.61 Å². The van der Waals surface area contributed by atoms with E-state index in [2.05, 4.69) is 9.68 Å². The van der Waals surface area contributed by atoms with E-state index in [-0.39, 0.29) is 18.6 Å². The van der Waals surface area contributed by atoms with Gasteiger partial charge in [0, 0.05) is 18.7 Å². The molecule has 0 unspecified atom stereocenters. The molecule has 0 aromatic carbocycles. The second-order valence-electron chi connectivity index (χ2n) is 4.05. The van der Waals surface area contributed by atoms with Gasteiger partial charge in [0.1, 0.15) is 6.26 Å². The van der Waals surface area contributed by atoms with Crippen molar-refractivity contribution >= 4 is 5.91 Å². The molecule has 0 spiro atoms. The molecule has 1 aliphatic carbocycles. The van der Waals surface area contributed by atoms with E-state index in [1.54, 1.807) is 11.0 Å². The number of nitrogens with zero attached hydrogens (tertiary/aromatic N) is 2. The van der Waals surface area contributed by atoms with Gasteiger partial charge in [-0.1, -0.05) is 18.0 Å². The Morgan fingerprint density at radius 2 is 2.31 bits per heavy atom. The average molecular weight is 224 g/mol. The molecule has 1 aromatic rings. The summed E-state index contributed by atoms with van der Waals surface area (Å²) in [6.07, 6.45) is 5.73. The van der Waals surface area contributed by atoms with E-state index in [0.29, 0.717) is 12.2 Å². The Hall–Kier alpha value is -1.36. The first-order chi connectivity index (χ1) is 7.83. The van der Waals surface area contributed by atoms with Gasteiger partial charge in [-0.3, -0.25) is 4.79 Å². The maximum atomic E-state index is 12.1. The van der Waals surface area contributed by atoms with Crippen molar-refractivity contribution in [3.63, 3.8) is 0 Å². The quantitative estimate of drug-likeness (QED) is 0.830. The summed E-state index contributed by atoms with van der Waals surface area (Å²) in [5.41, 5.74) is 0.320. The van der Waals surface area contributed by atoms with Crippen LogP contribution in [0.4, 0.5) is 0 Å². The lowest BCUT2D eigenvalue weighted by Crippen LogP contribution is -2.40. The Labute approximate surface area is 94.0 Å². The molecule has 1 heterocycles. The fourth-order valence-electron chi connectivity index (χ4n) is 2.24. The van der Waals surface area contributed by atoms with Gasteiger partial charge >= 0.3 is 0 Å². The van der Waals surface area contributed by atoms with Crippen molar-refractivity contribution < 1.29 is 14.4 Å². The Morgan fingerprint density at radius 3 is 2.88 bits per heavy atom. The summed E-state index contributed by atoms with van der Waals surface area (Å²) in [5, 5.41) is 12.6. The predicted molar refractivity (Wildman–Crippen MR) is 56.9 cm³/mol. The maximum absolute atomic E-state index is 12.1. The van der Waals surface area contributed by atoms with Crippen LogP contribution in [0.1, 0.15) is 36.2 Å². The summed E-state index contributed by atoms with van der Waals surface area (Å²) in [4.78, 5) is 13.8. The third-order valence-corrected chi connectivity index (χ3v) is 3.02. The Balaban J connectivity index is 2.09. The molecule has 0 bridgehead atoms. The second-order valence-corrected chi connectivity index (χ2v) is 4.05. The Morgan fingerprint density at radius 1 is 1.56 bits per heavy atom. The van der Waals surface area contributed by atoms with Crippen molar-refractivity contribution in [2.75, 3.05) is 13.2 Å². The molecule has 2 rings (SSSR count). The molecular weight excluding hydrogens is 208 g/mol. The van der Waals surface area contributed by atoms with Crippen LogP contribution in [0, 0.1) is 0 Å². The first-order valence-electron chi connectivity index (χ1n) is 5.65. The maximum Gasteiger partial charge on any atom is 0.276 e. The van der Waals surface area contributed by atoms with E-state index in [9.17, 15) is 4.79 Å². The van der Waals surface area contributed by atoms with Crippen LogP contribution in [0.25, 0.3) is 0 Å². The first kappa shape index (κ1) is 11.1. The van der Waals surface area contributed by atoms with Crippen LogP contribution < -0.4 is 0 Å². The summed E-state index contributed by atoms with van der Waals surface area (Å²) in [7, 11) is 0. The van der Waals surface area contributed by atoms with E-state index >= 15 is 0 Å². The lowest BCUT2D eigenvalue weighted by atomic mass is 10.2. The second kappa shape index (κ2) is 5.12. The number of hydrogen-bond acceptors (Lipinski definition) is 4. The van der Waals surface area contributed by atoms with Gasteiger partial charge in [-0.2, -0.15) is 0 Å². The van der Waals surface area contributed by atoms with Gasteiger partial charge in [0.25, 0.3) is 5.91 Å². The van der Waals surface area contributed by atoms with Crippen molar-refractivity contribution in [3.8, 4) is 0 Å². The number of rotatable bonds is 4. The number of carbonyl (C=O) groups is 1. The van der Waals surface area contributed by atoms with E-state index in [4.69, 9.17) is 5.11 Å². The van der Waals surface area contributed by atoms with E-state index in [0.717, 1.165) is 25.7 Å². The van der Waals surface area contributed by atoms with Crippen molar-refractivity contribution in [2.24, 2.45) is 0 Å². The SMILES string of the molecule is O=C(c1ccon1)N(CCO)C1CCCC1. The van der Waals surface area contributed by atoms with Crippen LogP contribution in [0.3, 0.4) is 0 Å². The third-order valence-electron chi connectivity index (χ3n) is 3.02. The van der Waals surface area contributed by atoms with E-state index < -0.39 is 0 Å². The first-order valence-corrected chi connectivity index (χ1v) is 5.65. The predicted octanol–water partition coefficient (Wildman–Crippen LogP) is 1.05. The average Bonchev–Trinajstić information content (AvgIpc) is 2.96. The standard InChI is InChI=1S/C11H16N2O3/c14-7-6-13(9-3-1-2-4-9)11(15)10-5-8-16-12-10/h5,8-9,14H,1-4,6-7H2. The highest BCUT2D eigenvalue weighted by atomic mass is 16.5. The van der Waals surface area contributed by atoms with Crippen LogP contribution >= 0.6 is 0 Å². The minimum Gasteiger partial charge on any atom is -0.395 e. The number of carbonyl (C=O) groups excluding carboxylic acids is 1. The highest BCUT2D eigenvalue weighted by molar-refractivity contribution is 5.92. The minimum absolute atomic E-state index is 0.0138. The molecule has 1 fully saturated rings. The highest BCUT2D eigenvalue weighted by Gasteiger charge is 2.28. The Bertz CT molecular complexity index is 331. The smallest absolute Gasteiger partial charge is 0.276 e. The molecule has 1 aromatic heterocycles. The van der Waals surface area contributed by atoms with Crippen LogP contribution in [0.5, 0.6) is 0 Å². The van der Waals surface area contributed by atoms with Crippen LogP contribution in [-0.4, -0.2) is 40.3 Å². The largest absolute Gasteiger partial charge is 0.395 e. The van der Waals surface area contributed by atoms with Crippen LogP contribution in [-0.2, 0) is 0 Å². The van der Waals surface area contributed by atoms with Gasteiger partial charge in [-0.15, -0.1) is 0 Å². The lowest BCUT2D eigenvalue weighted by Gasteiger charge is -2.27. The molecule has 5 nitrogen and oxygen atoms in total. The van der Waals surface area contributed by atoms with Gasteiger partial charge in [0.2, 0.25) is 0 Å². The van der Waals surface area contributed by atoms with Gasteiger partial charge in [0.15, 0.2) is 5.69 Å². The van der Waals surface area contributed by atoms with Crippen molar-refractivity contribution in [2.45, 2.75) is 31.7 Å². The van der Waals surface area contributed by atoms with Gasteiger partial charge in [-0.25, -0.2) is 0 Å². The fourth-order valence-corrected chi connectivity index (χ4v) is 2.24. The van der Waals surface area contributed by atoms with Crippen molar-refractivity contribution in [1.82, 2.24) is 10.1 Å². The fraction of sp³-hybridized carbons (Fsp3) is 0.636. The molecular formula is C11H16N2O3. The molecule has 1 N–H and O–H groups in total. The number of aliphatic hydroxyl groups is 1. The number of amides is 1. The number of hydrogen-bond donors (Lipinski definition) is 1. The van der Waals surface area contributed by atoms with Gasteiger partial charge in [-0.05, 0) is 12.8 Å². The topological polar surface area (TPSA) is 66.6 Å². The summed E-state index contributed by atoms with van der Waals surface area (Å²) >= 11 is 0. The molecule has 0 saturated heterocycles. The van der Waals surface area contributed by atoms with Crippen LogP contribution in [0.15, 0.2) is 16.9 Å². The molecule has 0 aliphatic heterocycles. The molecule has 0 atom stereocenters. The summed E-state index contributed by atoms with van der Waals surface area (Å²) < 4.78 is 4.67. The zero-order valence-corrected chi connectivity index (χ0v) is 9.13.